The highest BCUT2D eigenvalue weighted by Crippen LogP contribution is 2.29. The summed E-state index contributed by atoms with van der Waals surface area (Å²) in [5.74, 6) is 2.10. The second kappa shape index (κ2) is 7.75. The van der Waals surface area contributed by atoms with Crippen molar-refractivity contribution in [2.75, 3.05) is 19.6 Å². The third kappa shape index (κ3) is 3.82. The van der Waals surface area contributed by atoms with E-state index in [-0.39, 0.29) is 18.3 Å². The first kappa shape index (κ1) is 18.2. The maximum atomic E-state index is 12.8. The molecule has 0 saturated carbocycles. The quantitative estimate of drug-likeness (QED) is 0.863. The molecule has 2 atom stereocenters. The van der Waals surface area contributed by atoms with Crippen molar-refractivity contribution in [1.82, 2.24) is 20.2 Å². The summed E-state index contributed by atoms with van der Waals surface area (Å²) in [6.45, 7) is 4.86. The van der Waals surface area contributed by atoms with Gasteiger partial charge in [-0.05, 0) is 51.3 Å². The van der Waals surface area contributed by atoms with Crippen LogP contribution in [0.5, 0.6) is 0 Å². The van der Waals surface area contributed by atoms with Gasteiger partial charge in [-0.2, -0.15) is 0 Å². The van der Waals surface area contributed by atoms with Gasteiger partial charge in [-0.25, -0.2) is 4.98 Å². The first-order chi connectivity index (χ1) is 11.7. The predicted octanol–water partition coefficient (Wildman–Crippen LogP) is 3.08. The van der Waals surface area contributed by atoms with Crippen LogP contribution in [0, 0.1) is 5.92 Å². The highest BCUT2D eigenvalue weighted by Gasteiger charge is 2.31. The molecule has 0 spiro atoms. The smallest absolute Gasteiger partial charge is 0.225 e. The molecule has 3 heterocycles. The Morgan fingerprint density at radius 2 is 1.96 bits per heavy atom. The van der Waals surface area contributed by atoms with Gasteiger partial charge >= 0.3 is 0 Å². The summed E-state index contributed by atoms with van der Waals surface area (Å²) in [7, 11) is 0. The number of H-pyrrole nitrogens is 1. The first-order valence-electron chi connectivity index (χ1n) is 9.17. The number of halogens is 1. The van der Waals surface area contributed by atoms with E-state index in [0.29, 0.717) is 17.9 Å². The molecule has 2 saturated heterocycles. The molecule has 2 N–H and O–H groups in total. The molecule has 0 aliphatic carbocycles. The summed E-state index contributed by atoms with van der Waals surface area (Å²) < 4.78 is 0. The van der Waals surface area contributed by atoms with E-state index >= 15 is 0 Å². The van der Waals surface area contributed by atoms with Crippen LogP contribution < -0.4 is 5.32 Å². The number of nitrogens with zero attached hydrogens (tertiary/aromatic N) is 2. The zero-order chi connectivity index (χ0) is 16.5. The molecule has 1 aromatic heterocycles. The summed E-state index contributed by atoms with van der Waals surface area (Å²) in [6, 6.07) is 8.63. The van der Waals surface area contributed by atoms with E-state index in [9.17, 15) is 4.79 Å². The number of hydrogen-bond donors (Lipinski definition) is 2. The molecule has 0 bridgehead atoms. The number of benzene rings is 1. The number of hydrogen-bond acceptors (Lipinski definition) is 3. The fraction of sp³-hybridized carbons (Fsp3) is 0.579. The molecule has 2 aliphatic heterocycles. The fourth-order valence-electron chi connectivity index (χ4n) is 4.15. The zero-order valence-corrected chi connectivity index (χ0v) is 15.5. The molecule has 25 heavy (non-hydrogen) atoms. The van der Waals surface area contributed by atoms with Crippen LogP contribution >= 0.6 is 12.4 Å². The number of amides is 1. The molecule has 2 fully saturated rings. The first-order valence-corrected chi connectivity index (χ1v) is 9.17. The number of likely N-dealkylation sites (tertiary alicyclic amines) is 1. The monoisotopic (exact) mass is 362 g/mol. The van der Waals surface area contributed by atoms with E-state index in [4.69, 9.17) is 4.98 Å². The topological polar surface area (TPSA) is 61.0 Å². The Balaban J connectivity index is 0.00000182. The van der Waals surface area contributed by atoms with Crippen LogP contribution in [-0.2, 0) is 4.79 Å². The van der Waals surface area contributed by atoms with Gasteiger partial charge in [-0.15, -0.1) is 12.4 Å². The van der Waals surface area contributed by atoms with Crippen LogP contribution in [0.25, 0.3) is 11.0 Å². The number of para-hydroxylation sites is 2. The molecule has 5 nitrogen and oxygen atoms in total. The number of aromatic amines is 1. The number of aromatic nitrogens is 2. The summed E-state index contributed by atoms with van der Waals surface area (Å²) in [5, 5.41) is 3.43. The maximum absolute atomic E-state index is 12.8. The van der Waals surface area contributed by atoms with Gasteiger partial charge in [-0.3, -0.25) is 4.79 Å². The molecule has 0 unspecified atom stereocenters. The molecule has 6 heteroatoms. The van der Waals surface area contributed by atoms with E-state index < -0.39 is 0 Å². The van der Waals surface area contributed by atoms with E-state index in [1.165, 1.54) is 0 Å². The van der Waals surface area contributed by atoms with Crippen molar-refractivity contribution in [3.63, 3.8) is 0 Å². The summed E-state index contributed by atoms with van der Waals surface area (Å²) in [6.07, 6.45) is 3.97. The van der Waals surface area contributed by atoms with Gasteiger partial charge in [0.1, 0.15) is 5.82 Å². The lowest BCUT2D eigenvalue weighted by atomic mass is 9.90. The Morgan fingerprint density at radius 3 is 2.68 bits per heavy atom. The van der Waals surface area contributed by atoms with Crippen molar-refractivity contribution >= 4 is 29.3 Å². The van der Waals surface area contributed by atoms with Gasteiger partial charge < -0.3 is 15.2 Å². The van der Waals surface area contributed by atoms with Crippen LogP contribution in [0.2, 0.25) is 0 Å². The molecule has 1 aromatic carbocycles. The molecule has 1 amide bonds. The molecular formula is C19H27ClN4O. The van der Waals surface area contributed by atoms with Gasteiger partial charge in [0.05, 0.1) is 11.0 Å². The van der Waals surface area contributed by atoms with Gasteiger partial charge in [-0.1, -0.05) is 12.1 Å². The number of carbonyl (C=O) groups is 1. The minimum Gasteiger partial charge on any atom is -0.342 e. The Hall–Kier alpha value is -1.59. The lowest BCUT2D eigenvalue weighted by Gasteiger charge is -2.36. The van der Waals surface area contributed by atoms with Crippen molar-refractivity contribution in [3.05, 3.63) is 30.1 Å². The second-order valence-electron chi connectivity index (χ2n) is 7.32. The molecule has 0 radical (unpaired) electrons. The number of rotatable bonds is 2. The highest BCUT2D eigenvalue weighted by atomic mass is 35.5. The number of imidazole rings is 1. The molecule has 2 aliphatic rings. The summed E-state index contributed by atoms with van der Waals surface area (Å²) >= 11 is 0. The second-order valence-corrected chi connectivity index (χ2v) is 7.32. The number of fused-ring (bicyclic) bond motifs is 1. The Morgan fingerprint density at radius 1 is 1.20 bits per heavy atom. The Bertz CT molecular complexity index is 690. The van der Waals surface area contributed by atoms with E-state index in [1.54, 1.807) is 0 Å². The van der Waals surface area contributed by atoms with Crippen molar-refractivity contribution in [1.29, 1.82) is 0 Å². The van der Waals surface area contributed by atoms with Crippen molar-refractivity contribution < 1.29 is 4.79 Å². The highest BCUT2D eigenvalue weighted by molar-refractivity contribution is 5.85. The van der Waals surface area contributed by atoms with Crippen molar-refractivity contribution in [3.8, 4) is 0 Å². The molecule has 4 rings (SSSR count). The van der Waals surface area contributed by atoms with Gasteiger partial charge in [0.25, 0.3) is 0 Å². The lowest BCUT2D eigenvalue weighted by Crippen LogP contribution is -2.46. The molecular weight excluding hydrogens is 336 g/mol. The van der Waals surface area contributed by atoms with E-state index in [1.807, 2.05) is 18.2 Å². The van der Waals surface area contributed by atoms with Crippen molar-refractivity contribution in [2.45, 2.75) is 44.6 Å². The summed E-state index contributed by atoms with van der Waals surface area (Å²) in [5.41, 5.74) is 2.14. The Labute approximate surface area is 155 Å². The third-order valence-corrected chi connectivity index (χ3v) is 5.57. The zero-order valence-electron chi connectivity index (χ0n) is 14.7. The van der Waals surface area contributed by atoms with E-state index in [0.717, 1.165) is 62.2 Å². The largest absolute Gasteiger partial charge is 0.342 e. The minimum atomic E-state index is 0. The van der Waals surface area contributed by atoms with Crippen LogP contribution in [0.1, 0.15) is 44.3 Å². The molecule has 2 aromatic rings. The lowest BCUT2D eigenvalue weighted by molar-refractivity contribution is -0.137. The average molecular weight is 363 g/mol. The van der Waals surface area contributed by atoms with Crippen LogP contribution in [0.3, 0.4) is 0 Å². The maximum Gasteiger partial charge on any atom is 0.225 e. The average Bonchev–Trinajstić information content (AvgIpc) is 3.05. The normalized spacial score (nSPS) is 24.9. The van der Waals surface area contributed by atoms with E-state index in [2.05, 4.69) is 28.2 Å². The Kier molecular flexibility index (Phi) is 5.64. The molecule has 136 valence electrons. The summed E-state index contributed by atoms with van der Waals surface area (Å²) in [4.78, 5) is 23.0. The number of nitrogens with one attached hydrogen (secondary N) is 2. The third-order valence-electron chi connectivity index (χ3n) is 5.57. The standard InChI is InChI=1S/C19H26N4O.ClH/c1-13-12-15(6-9-20-13)19(24)23-10-7-14(8-11-23)18-21-16-4-2-3-5-17(16)22-18;/h2-5,13-15,20H,6-12H2,1H3,(H,21,22);1H/t13-,15-;/m0./s1. The van der Waals surface area contributed by atoms with Crippen LogP contribution in [0.4, 0.5) is 0 Å². The number of piperidine rings is 2. The van der Waals surface area contributed by atoms with Gasteiger partial charge in [0, 0.05) is 31.0 Å². The SMILES string of the molecule is C[C@H]1C[C@@H](C(=O)N2CCC(c3nc4ccccc4[nH]3)CC2)CCN1.Cl. The fourth-order valence-corrected chi connectivity index (χ4v) is 4.15. The van der Waals surface area contributed by atoms with Crippen LogP contribution in [0.15, 0.2) is 24.3 Å². The van der Waals surface area contributed by atoms with Crippen molar-refractivity contribution in [2.24, 2.45) is 5.92 Å². The number of carbonyl (C=O) groups excluding carboxylic acids is 1. The van der Waals surface area contributed by atoms with Crippen LogP contribution in [-0.4, -0.2) is 46.5 Å². The predicted molar refractivity (Wildman–Crippen MR) is 102 cm³/mol. The minimum absolute atomic E-state index is 0. The van der Waals surface area contributed by atoms with Gasteiger partial charge in [0.2, 0.25) is 5.91 Å². The van der Waals surface area contributed by atoms with Gasteiger partial charge in [0.15, 0.2) is 0 Å².